The van der Waals surface area contributed by atoms with E-state index >= 15 is 0 Å². The van der Waals surface area contributed by atoms with Crippen molar-refractivity contribution in [2.75, 3.05) is 0 Å². The SMILES string of the molecule is CC1Sc2c(C(=O)O)c(=O)c3cc(F)c(F)cc3n21. The number of carboxylic acid groups (broad SMARTS) is 1. The van der Waals surface area contributed by atoms with Crippen LogP contribution in [0, 0.1) is 11.6 Å². The molecule has 1 aliphatic rings. The molecule has 0 fully saturated rings. The number of carboxylic acids is 1. The topological polar surface area (TPSA) is 59.3 Å². The average Bonchev–Trinajstić information content (AvgIpc) is 2.31. The van der Waals surface area contributed by atoms with E-state index in [0.29, 0.717) is 0 Å². The van der Waals surface area contributed by atoms with E-state index in [0.717, 1.165) is 12.1 Å². The minimum absolute atomic E-state index is 0.118. The van der Waals surface area contributed by atoms with Crippen molar-refractivity contribution in [1.82, 2.24) is 4.57 Å². The lowest BCUT2D eigenvalue weighted by Crippen LogP contribution is -2.28. The molecule has 1 N–H and O–H groups in total. The maximum atomic E-state index is 13.3. The number of hydrogen-bond acceptors (Lipinski definition) is 3. The summed E-state index contributed by atoms with van der Waals surface area (Å²) in [7, 11) is 0. The summed E-state index contributed by atoms with van der Waals surface area (Å²) in [6, 6.07) is 1.68. The van der Waals surface area contributed by atoms with Crippen molar-refractivity contribution in [3.8, 4) is 0 Å². The molecule has 0 saturated heterocycles. The fourth-order valence-corrected chi connectivity index (χ4v) is 3.36. The van der Waals surface area contributed by atoms with Crippen LogP contribution in [0.25, 0.3) is 10.9 Å². The number of carbonyl (C=O) groups is 1. The molecular formula is C12H7F2NO3S. The molecule has 0 spiro atoms. The van der Waals surface area contributed by atoms with Gasteiger partial charge in [-0.15, -0.1) is 0 Å². The first-order valence-electron chi connectivity index (χ1n) is 5.39. The fourth-order valence-electron chi connectivity index (χ4n) is 2.21. The molecule has 3 rings (SSSR count). The standard InChI is InChI=1S/C12H7F2NO3S/c1-4-15-8-3-7(14)6(13)2-5(8)10(16)9(12(17)18)11(15)19-4/h2-4H,1H3,(H,17,18). The van der Waals surface area contributed by atoms with E-state index in [1.807, 2.05) is 0 Å². The molecule has 1 unspecified atom stereocenters. The van der Waals surface area contributed by atoms with Crippen molar-refractivity contribution >= 4 is 28.6 Å². The third-order valence-corrected chi connectivity index (χ3v) is 4.24. The minimum atomic E-state index is -1.36. The predicted molar refractivity (Wildman–Crippen MR) is 65.7 cm³/mol. The Morgan fingerprint density at radius 1 is 1.37 bits per heavy atom. The highest BCUT2D eigenvalue weighted by Gasteiger charge is 2.32. The van der Waals surface area contributed by atoms with Gasteiger partial charge in [-0.05, 0) is 13.0 Å². The number of thioether (sulfide) groups is 1. The van der Waals surface area contributed by atoms with Crippen LogP contribution in [0.4, 0.5) is 8.78 Å². The van der Waals surface area contributed by atoms with Gasteiger partial charge in [0.15, 0.2) is 11.6 Å². The lowest BCUT2D eigenvalue weighted by molar-refractivity contribution is 0.0689. The van der Waals surface area contributed by atoms with E-state index in [2.05, 4.69) is 0 Å². The zero-order valence-electron chi connectivity index (χ0n) is 9.61. The number of fused-ring (bicyclic) bond motifs is 3. The van der Waals surface area contributed by atoms with Gasteiger partial charge in [-0.25, -0.2) is 13.6 Å². The quantitative estimate of drug-likeness (QED) is 0.874. The minimum Gasteiger partial charge on any atom is -0.477 e. The third-order valence-electron chi connectivity index (χ3n) is 3.06. The zero-order chi connectivity index (χ0) is 13.9. The molecule has 4 nitrogen and oxygen atoms in total. The lowest BCUT2D eigenvalue weighted by atomic mass is 10.1. The maximum absolute atomic E-state index is 13.3. The first kappa shape index (κ1) is 12.2. The summed E-state index contributed by atoms with van der Waals surface area (Å²) in [6.07, 6.45) is 0. The van der Waals surface area contributed by atoms with Gasteiger partial charge in [0.1, 0.15) is 5.56 Å². The van der Waals surface area contributed by atoms with Crippen molar-refractivity contribution in [3.05, 3.63) is 39.6 Å². The molecule has 19 heavy (non-hydrogen) atoms. The number of rotatable bonds is 1. The number of hydrogen-bond donors (Lipinski definition) is 1. The molecule has 0 amide bonds. The van der Waals surface area contributed by atoms with Crippen LogP contribution in [-0.2, 0) is 0 Å². The van der Waals surface area contributed by atoms with Crippen molar-refractivity contribution in [2.45, 2.75) is 17.3 Å². The van der Waals surface area contributed by atoms with E-state index < -0.39 is 23.0 Å². The van der Waals surface area contributed by atoms with Crippen LogP contribution in [0.2, 0.25) is 0 Å². The zero-order valence-corrected chi connectivity index (χ0v) is 10.4. The summed E-state index contributed by atoms with van der Waals surface area (Å²) in [4.78, 5) is 23.2. The maximum Gasteiger partial charge on any atom is 0.342 e. The van der Waals surface area contributed by atoms with Gasteiger partial charge in [-0.3, -0.25) is 4.79 Å². The summed E-state index contributed by atoms with van der Waals surface area (Å²) in [5.41, 5.74) is -0.955. The van der Waals surface area contributed by atoms with Crippen LogP contribution in [0.15, 0.2) is 22.0 Å². The number of benzene rings is 1. The lowest BCUT2D eigenvalue weighted by Gasteiger charge is -2.32. The van der Waals surface area contributed by atoms with Crippen LogP contribution >= 0.6 is 11.8 Å². The van der Waals surface area contributed by atoms with Crippen molar-refractivity contribution in [1.29, 1.82) is 0 Å². The highest BCUT2D eigenvalue weighted by atomic mass is 32.2. The van der Waals surface area contributed by atoms with Gasteiger partial charge in [0, 0.05) is 11.5 Å². The molecule has 0 bridgehead atoms. The van der Waals surface area contributed by atoms with E-state index in [1.165, 1.54) is 16.3 Å². The molecule has 1 aliphatic heterocycles. The van der Waals surface area contributed by atoms with E-state index in [-0.39, 0.29) is 26.9 Å². The number of pyridine rings is 1. The first-order chi connectivity index (χ1) is 8.91. The van der Waals surface area contributed by atoms with Gasteiger partial charge in [0.2, 0.25) is 5.43 Å². The Bertz CT molecular complexity index is 800. The van der Waals surface area contributed by atoms with Crippen molar-refractivity contribution in [2.24, 2.45) is 0 Å². The highest BCUT2D eigenvalue weighted by molar-refractivity contribution is 8.00. The Labute approximate surface area is 109 Å². The Morgan fingerprint density at radius 3 is 2.58 bits per heavy atom. The average molecular weight is 283 g/mol. The Kier molecular flexibility index (Phi) is 2.43. The highest BCUT2D eigenvalue weighted by Crippen LogP contribution is 2.46. The first-order valence-corrected chi connectivity index (χ1v) is 6.27. The molecule has 0 aliphatic carbocycles. The van der Waals surface area contributed by atoms with E-state index in [9.17, 15) is 18.4 Å². The van der Waals surface area contributed by atoms with Crippen molar-refractivity contribution < 1.29 is 18.7 Å². The summed E-state index contributed by atoms with van der Waals surface area (Å²) in [5.74, 6) is -3.59. The second-order valence-electron chi connectivity index (χ2n) is 4.19. The van der Waals surface area contributed by atoms with E-state index in [1.54, 1.807) is 6.92 Å². The Balaban J connectivity index is 2.54. The number of aromatic nitrogens is 1. The smallest absolute Gasteiger partial charge is 0.342 e. The third kappa shape index (κ3) is 1.51. The summed E-state index contributed by atoms with van der Waals surface area (Å²) < 4.78 is 28.1. The van der Waals surface area contributed by atoms with E-state index in [4.69, 9.17) is 5.11 Å². The second kappa shape index (κ2) is 3.80. The molecule has 1 aromatic heterocycles. The monoisotopic (exact) mass is 283 g/mol. The van der Waals surface area contributed by atoms with Gasteiger partial charge >= 0.3 is 5.97 Å². The Hall–Kier alpha value is -1.89. The largest absolute Gasteiger partial charge is 0.477 e. The molecule has 0 radical (unpaired) electrons. The number of aromatic carboxylic acids is 1. The van der Waals surface area contributed by atoms with Gasteiger partial charge < -0.3 is 9.67 Å². The molecule has 1 aromatic carbocycles. The summed E-state index contributed by atoms with van der Waals surface area (Å²) in [6.45, 7) is 1.79. The molecule has 1 atom stereocenters. The number of nitrogens with zero attached hydrogens (tertiary/aromatic N) is 1. The van der Waals surface area contributed by atoms with Crippen molar-refractivity contribution in [3.63, 3.8) is 0 Å². The summed E-state index contributed by atoms with van der Waals surface area (Å²) >= 11 is 1.21. The number of halogens is 2. The summed E-state index contributed by atoms with van der Waals surface area (Å²) in [5, 5.41) is 9.12. The van der Waals surface area contributed by atoms with Crippen LogP contribution in [0.5, 0.6) is 0 Å². The van der Waals surface area contributed by atoms with Crippen LogP contribution in [0.1, 0.15) is 22.7 Å². The molecule has 2 aromatic rings. The van der Waals surface area contributed by atoms with Crippen LogP contribution in [0.3, 0.4) is 0 Å². The Morgan fingerprint density at radius 2 is 2.00 bits per heavy atom. The second-order valence-corrected chi connectivity index (χ2v) is 5.49. The molecule has 98 valence electrons. The predicted octanol–water partition coefficient (Wildman–Crippen LogP) is 2.60. The molecular weight excluding hydrogens is 276 g/mol. The molecule has 7 heteroatoms. The van der Waals surface area contributed by atoms with Crippen LogP contribution in [-0.4, -0.2) is 15.6 Å². The van der Waals surface area contributed by atoms with Gasteiger partial charge in [-0.2, -0.15) is 0 Å². The molecule has 0 saturated carbocycles. The molecule has 2 heterocycles. The van der Waals surface area contributed by atoms with Gasteiger partial charge in [-0.1, -0.05) is 11.8 Å². The normalized spacial score (nSPS) is 17.1. The van der Waals surface area contributed by atoms with Gasteiger partial charge in [0.05, 0.1) is 15.9 Å². The van der Waals surface area contributed by atoms with Gasteiger partial charge in [0.25, 0.3) is 0 Å². The van der Waals surface area contributed by atoms with Crippen LogP contribution < -0.4 is 5.43 Å². The fraction of sp³-hybridized carbons (Fsp3) is 0.167.